The fraction of sp³-hybridized carbons (Fsp3) is 0.588. The van der Waals surface area contributed by atoms with Crippen LogP contribution in [0.3, 0.4) is 0 Å². The van der Waals surface area contributed by atoms with E-state index in [4.69, 9.17) is 0 Å². The zero-order valence-corrected chi connectivity index (χ0v) is 16.2. The summed E-state index contributed by atoms with van der Waals surface area (Å²) in [5.41, 5.74) is 2.12. The first-order chi connectivity index (χ1) is 11.7. The SMILES string of the molecule is CN(C)c1ccc(CNC(=O)[C@@H]2CCCN(S(=O)(=O)N(C)C)C2)cc1. The lowest BCUT2D eigenvalue weighted by atomic mass is 9.99. The summed E-state index contributed by atoms with van der Waals surface area (Å²) in [6.45, 7) is 1.16. The number of carbonyl (C=O) groups excluding carboxylic acids is 1. The molecule has 0 unspecified atom stereocenters. The molecule has 2 rings (SSSR count). The molecule has 1 aliphatic rings. The number of piperidine rings is 1. The van der Waals surface area contributed by atoms with Gasteiger partial charge in [-0.25, -0.2) is 0 Å². The van der Waals surface area contributed by atoms with E-state index in [-0.39, 0.29) is 18.4 Å². The molecule has 1 aromatic rings. The van der Waals surface area contributed by atoms with E-state index in [0.717, 1.165) is 11.3 Å². The topological polar surface area (TPSA) is 73.0 Å². The van der Waals surface area contributed by atoms with E-state index in [2.05, 4.69) is 5.32 Å². The van der Waals surface area contributed by atoms with Gasteiger partial charge < -0.3 is 10.2 Å². The van der Waals surface area contributed by atoms with Crippen LogP contribution in [0.2, 0.25) is 0 Å². The van der Waals surface area contributed by atoms with Crippen molar-refractivity contribution in [1.82, 2.24) is 13.9 Å². The van der Waals surface area contributed by atoms with Crippen molar-refractivity contribution in [3.63, 3.8) is 0 Å². The number of hydrogen-bond acceptors (Lipinski definition) is 4. The van der Waals surface area contributed by atoms with Crippen LogP contribution in [0.25, 0.3) is 0 Å². The Morgan fingerprint density at radius 2 is 1.84 bits per heavy atom. The van der Waals surface area contributed by atoms with Gasteiger partial charge in [0, 0.05) is 53.5 Å². The van der Waals surface area contributed by atoms with Crippen LogP contribution in [0, 0.1) is 5.92 Å². The van der Waals surface area contributed by atoms with Crippen molar-refractivity contribution in [2.45, 2.75) is 19.4 Å². The van der Waals surface area contributed by atoms with Crippen molar-refractivity contribution in [2.24, 2.45) is 5.92 Å². The number of anilines is 1. The first-order valence-corrected chi connectivity index (χ1v) is 9.83. The normalized spacial score (nSPS) is 19.0. The quantitative estimate of drug-likeness (QED) is 0.809. The fourth-order valence-corrected chi connectivity index (χ4v) is 4.03. The lowest BCUT2D eigenvalue weighted by Gasteiger charge is -2.32. The Balaban J connectivity index is 1.92. The number of hydrogen-bond donors (Lipinski definition) is 1. The predicted molar refractivity (Wildman–Crippen MR) is 99.5 cm³/mol. The van der Waals surface area contributed by atoms with Crippen LogP contribution >= 0.6 is 0 Å². The third-order valence-electron chi connectivity index (χ3n) is 4.46. The molecule has 0 bridgehead atoms. The van der Waals surface area contributed by atoms with Crippen LogP contribution in [0.4, 0.5) is 5.69 Å². The lowest BCUT2D eigenvalue weighted by Crippen LogP contribution is -2.48. The summed E-state index contributed by atoms with van der Waals surface area (Å²) >= 11 is 0. The molecule has 1 saturated heterocycles. The maximum atomic E-state index is 12.4. The lowest BCUT2D eigenvalue weighted by molar-refractivity contribution is -0.126. The van der Waals surface area contributed by atoms with Crippen molar-refractivity contribution >= 4 is 21.8 Å². The molecule has 0 aromatic heterocycles. The number of nitrogens with zero attached hydrogens (tertiary/aromatic N) is 3. The van der Waals surface area contributed by atoms with Crippen LogP contribution < -0.4 is 10.2 Å². The highest BCUT2D eigenvalue weighted by Crippen LogP contribution is 2.20. The maximum absolute atomic E-state index is 12.4. The van der Waals surface area contributed by atoms with Crippen LogP contribution in [0.15, 0.2) is 24.3 Å². The summed E-state index contributed by atoms with van der Waals surface area (Å²) in [7, 11) is 3.52. The summed E-state index contributed by atoms with van der Waals surface area (Å²) < 4.78 is 27.1. The van der Waals surface area contributed by atoms with Gasteiger partial charge in [-0.1, -0.05) is 12.1 Å². The van der Waals surface area contributed by atoms with E-state index in [0.29, 0.717) is 25.9 Å². The van der Waals surface area contributed by atoms with Crippen molar-refractivity contribution in [3.8, 4) is 0 Å². The number of amides is 1. The summed E-state index contributed by atoms with van der Waals surface area (Å²) in [5, 5.41) is 2.93. The van der Waals surface area contributed by atoms with Gasteiger partial charge in [-0.15, -0.1) is 0 Å². The van der Waals surface area contributed by atoms with E-state index in [1.54, 1.807) is 0 Å². The van der Waals surface area contributed by atoms with Gasteiger partial charge in [0.1, 0.15) is 0 Å². The summed E-state index contributed by atoms with van der Waals surface area (Å²) in [5.74, 6) is -0.389. The second-order valence-corrected chi connectivity index (χ2v) is 8.91. The second-order valence-electron chi connectivity index (χ2n) is 6.77. The Morgan fingerprint density at radius 1 is 1.20 bits per heavy atom. The second kappa shape index (κ2) is 8.16. The maximum Gasteiger partial charge on any atom is 0.281 e. The van der Waals surface area contributed by atoms with E-state index in [1.165, 1.54) is 22.7 Å². The molecule has 1 fully saturated rings. The van der Waals surface area contributed by atoms with Crippen LogP contribution in [0.5, 0.6) is 0 Å². The summed E-state index contributed by atoms with van der Waals surface area (Å²) in [4.78, 5) is 14.5. The predicted octanol–water partition coefficient (Wildman–Crippen LogP) is 0.887. The highest BCUT2D eigenvalue weighted by Gasteiger charge is 2.33. The first kappa shape index (κ1) is 19.7. The molecule has 1 aromatic carbocycles. The molecule has 0 spiro atoms. The molecule has 1 atom stereocenters. The smallest absolute Gasteiger partial charge is 0.281 e. The van der Waals surface area contributed by atoms with Gasteiger partial charge in [-0.2, -0.15) is 17.0 Å². The number of carbonyl (C=O) groups is 1. The molecule has 1 N–H and O–H groups in total. The van der Waals surface area contributed by atoms with Crippen molar-refractivity contribution in [3.05, 3.63) is 29.8 Å². The molecule has 7 nitrogen and oxygen atoms in total. The Bertz CT molecular complexity index is 686. The minimum absolute atomic E-state index is 0.0876. The van der Waals surface area contributed by atoms with Crippen LogP contribution in [0.1, 0.15) is 18.4 Å². The molecule has 0 aliphatic carbocycles. The van der Waals surface area contributed by atoms with Gasteiger partial charge in [-0.05, 0) is 30.5 Å². The molecule has 1 heterocycles. The van der Waals surface area contributed by atoms with E-state index >= 15 is 0 Å². The van der Waals surface area contributed by atoms with Gasteiger partial charge in [0.25, 0.3) is 10.2 Å². The van der Waals surface area contributed by atoms with E-state index in [1.807, 2.05) is 43.3 Å². The molecule has 1 amide bonds. The Kier molecular flexibility index (Phi) is 6.42. The van der Waals surface area contributed by atoms with Crippen molar-refractivity contribution in [1.29, 1.82) is 0 Å². The van der Waals surface area contributed by atoms with Crippen LogP contribution in [-0.4, -0.2) is 64.2 Å². The number of nitrogens with one attached hydrogen (secondary N) is 1. The zero-order valence-electron chi connectivity index (χ0n) is 15.4. The van der Waals surface area contributed by atoms with E-state index in [9.17, 15) is 13.2 Å². The molecular formula is C17H28N4O3S. The monoisotopic (exact) mass is 368 g/mol. The van der Waals surface area contributed by atoms with Gasteiger partial charge >= 0.3 is 0 Å². The van der Waals surface area contributed by atoms with Gasteiger partial charge in [0.2, 0.25) is 5.91 Å². The molecule has 25 heavy (non-hydrogen) atoms. The summed E-state index contributed by atoms with van der Waals surface area (Å²) in [6.07, 6.45) is 1.41. The largest absolute Gasteiger partial charge is 0.378 e. The van der Waals surface area contributed by atoms with E-state index < -0.39 is 10.2 Å². The third kappa shape index (κ3) is 4.93. The molecule has 0 saturated carbocycles. The number of benzene rings is 1. The standard InChI is InChI=1S/C17H28N4O3S/c1-19(2)16-9-7-14(8-10-16)12-18-17(22)15-6-5-11-21(13-15)25(23,24)20(3)4/h7-10,15H,5-6,11-13H2,1-4H3,(H,18,22)/t15-/m1/s1. The van der Waals surface area contributed by atoms with Crippen molar-refractivity contribution < 1.29 is 13.2 Å². The van der Waals surface area contributed by atoms with Gasteiger partial charge in [-0.3, -0.25) is 4.79 Å². The Morgan fingerprint density at radius 3 is 2.40 bits per heavy atom. The molecular weight excluding hydrogens is 340 g/mol. The Labute approximate surface area is 150 Å². The zero-order chi connectivity index (χ0) is 18.6. The molecule has 1 aliphatic heterocycles. The minimum atomic E-state index is -3.46. The van der Waals surface area contributed by atoms with Gasteiger partial charge in [0.05, 0.1) is 5.92 Å². The third-order valence-corrected chi connectivity index (χ3v) is 6.37. The highest BCUT2D eigenvalue weighted by atomic mass is 32.2. The average molecular weight is 369 g/mol. The van der Waals surface area contributed by atoms with Crippen LogP contribution in [-0.2, 0) is 21.5 Å². The number of rotatable bonds is 6. The minimum Gasteiger partial charge on any atom is -0.378 e. The van der Waals surface area contributed by atoms with Crippen molar-refractivity contribution in [2.75, 3.05) is 46.2 Å². The highest BCUT2D eigenvalue weighted by molar-refractivity contribution is 7.86. The fourth-order valence-electron chi connectivity index (χ4n) is 2.84. The van der Waals surface area contributed by atoms with Gasteiger partial charge in [0.15, 0.2) is 0 Å². The molecule has 0 radical (unpaired) electrons. The molecule has 140 valence electrons. The molecule has 8 heteroatoms. The Hall–Kier alpha value is -1.64. The summed E-state index contributed by atoms with van der Waals surface area (Å²) in [6, 6.07) is 7.99. The first-order valence-electron chi connectivity index (χ1n) is 8.43. The average Bonchev–Trinajstić information content (AvgIpc) is 2.60.